The smallest absolute Gasteiger partial charge is 0.0558 e. The highest BCUT2D eigenvalue weighted by molar-refractivity contribution is 4.59. The van der Waals surface area contributed by atoms with Crippen LogP contribution in [0.1, 0.15) is 25.7 Å². The average molecular weight is 231 g/mol. The van der Waals surface area contributed by atoms with Crippen molar-refractivity contribution >= 4 is 0 Å². The molecule has 0 bridgehead atoms. The van der Waals surface area contributed by atoms with E-state index in [0.717, 1.165) is 39.1 Å². The number of hydrogen-bond acceptors (Lipinski definition) is 4. The van der Waals surface area contributed by atoms with E-state index in [1.165, 1.54) is 19.3 Å². The molecule has 0 fully saturated rings. The number of likely N-dealkylation sites (N-methyl/N-ethyl adjacent to an activating group) is 1. The molecular formula is C12H29N3O. The second-order valence-corrected chi connectivity index (χ2v) is 4.57. The third-order valence-corrected chi connectivity index (χ3v) is 2.71. The first-order valence-electron chi connectivity index (χ1n) is 6.38. The summed E-state index contributed by atoms with van der Waals surface area (Å²) in [6, 6.07) is 0. The highest BCUT2D eigenvalue weighted by atomic mass is 16.3. The van der Waals surface area contributed by atoms with E-state index in [9.17, 15) is 0 Å². The van der Waals surface area contributed by atoms with E-state index in [1.54, 1.807) is 0 Å². The number of rotatable bonds is 11. The summed E-state index contributed by atoms with van der Waals surface area (Å²) < 4.78 is 0. The lowest BCUT2D eigenvalue weighted by Crippen LogP contribution is -2.34. The fourth-order valence-corrected chi connectivity index (χ4v) is 1.65. The van der Waals surface area contributed by atoms with Crippen LogP contribution in [0, 0.1) is 0 Å². The Labute approximate surface area is 100 Å². The lowest BCUT2D eigenvalue weighted by molar-refractivity contribution is 0.181. The zero-order chi connectivity index (χ0) is 12.2. The number of aliphatic hydroxyl groups excluding tert-OH is 1. The lowest BCUT2D eigenvalue weighted by atomic mass is 10.2. The Balaban J connectivity index is 3.51. The maximum Gasteiger partial charge on any atom is 0.0558 e. The number of aliphatic hydroxyl groups is 1. The van der Waals surface area contributed by atoms with Crippen LogP contribution < -0.4 is 5.73 Å². The molecule has 0 spiro atoms. The molecule has 0 amide bonds. The molecule has 4 heteroatoms. The highest BCUT2D eigenvalue weighted by Crippen LogP contribution is 2.01. The van der Waals surface area contributed by atoms with Gasteiger partial charge in [-0.15, -0.1) is 0 Å². The van der Waals surface area contributed by atoms with Crippen LogP contribution in [0.3, 0.4) is 0 Å². The van der Waals surface area contributed by atoms with Gasteiger partial charge >= 0.3 is 0 Å². The van der Waals surface area contributed by atoms with Gasteiger partial charge in [-0.3, -0.25) is 4.90 Å². The van der Waals surface area contributed by atoms with Gasteiger partial charge in [0.05, 0.1) is 6.61 Å². The quantitative estimate of drug-likeness (QED) is 0.504. The third-order valence-electron chi connectivity index (χ3n) is 2.71. The van der Waals surface area contributed by atoms with Crippen molar-refractivity contribution in [3.63, 3.8) is 0 Å². The lowest BCUT2D eigenvalue weighted by Gasteiger charge is -2.23. The maximum absolute atomic E-state index is 8.97. The largest absolute Gasteiger partial charge is 0.395 e. The minimum atomic E-state index is 0.260. The van der Waals surface area contributed by atoms with Gasteiger partial charge in [0.2, 0.25) is 0 Å². The summed E-state index contributed by atoms with van der Waals surface area (Å²) in [5, 5.41) is 8.97. The second kappa shape index (κ2) is 11.3. The van der Waals surface area contributed by atoms with Crippen molar-refractivity contribution in [2.24, 2.45) is 5.73 Å². The van der Waals surface area contributed by atoms with E-state index in [-0.39, 0.29) is 6.61 Å². The number of nitrogens with zero attached hydrogens (tertiary/aromatic N) is 2. The molecular weight excluding hydrogens is 202 g/mol. The molecule has 0 aromatic rings. The van der Waals surface area contributed by atoms with E-state index >= 15 is 0 Å². The zero-order valence-corrected chi connectivity index (χ0v) is 11.0. The molecule has 0 aromatic carbocycles. The summed E-state index contributed by atoms with van der Waals surface area (Å²) >= 11 is 0. The van der Waals surface area contributed by atoms with Gasteiger partial charge in [0, 0.05) is 19.6 Å². The molecule has 0 saturated carbocycles. The predicted octanol–water partition coefficient (Wildman–Crippen LogP) is 0.361. The molecule has 0 aromatic heterocycles. The van der Waals surface area contributed by atoms with E-state index < -0.39 is 0 Å². The fraction of sp³-hybridized carbons (Fsp3) is 1.00. The van der Waals surface area contributed by atoms with Gasteiger partial charge in [-0.2, -0.15) is 0 Å². The van der Waals surface area contributed by atoms with E-state index in [2.05, 4.69) is 23.9 Å². The van der Waals surface area contributed by atoms with Crippen LogP contribution in [-0.2, 0) is 0 Å². The van der Waals surface area contributed by atoms with Crippen LogP contribution in [-0.4, -0.2) is 68.3 Å². The fourth-order valence-electron chi connectivity index (χ4n) is 1.65. The number of hydrogen-bond donors (Lipinski definition) is 2. The van der Waals surface area contributed by atoms with Crippen molar-refractivity contribution in [1.82, 2.24) is 9.80 Å². The Morgan fingerprint density at radius 2 is 1.56 bits per heavy atom. The maximum atomic E-state index is 8.97. The van der Waals surface area contributed by atoms with Crippen LogP contribution in [0.25, 0.3) is 0 Å². The minimum absolute atomic E-state index is 0.260. The first-order valence-corrected chi connectivity index (χ1v) is 6.38. The van der Waals surface area contributed by atoms with Gasteiger partial charge in [-0.05, 0) is 40.0 Å². The van der Waals surface area contributed by atoms with E-state index in [0.29, 0.717) is 0 Å². The van der Waals surface area contributed by atoms with Crippen LogP contribution in [0.4, 0.5) is 0 Å². The summed E-state index contributed by atoms with van der Waals surface area (Å²) in [5.74, 6) is 0. The summed E-state index contributed by atoms with van der Waals surface area (Å²) in [5.41, 5.74) is 5.45. The monoisotopic (exact) mass is 231 g/mol. The van der Waals surface area contributed by atoms with Crippen LogP contribution >= 0.6 is 0 Å². The van der Waals surface area contributed by atoms with Gasteiger partial charge in [-0.25, -0.2) is 0 Å². The molecule has 0 atom stereocenters. The van der Waals surface area contributed by atoms with Crippen molar-refractivity contribution in [1.29, 1.82) is 0 Å². The molecule has 0 aliphatic rings. The first kappa shape index (κ1) is 15.8. The zero-order valence-electron chi connectivity index (χ0n) is 11.0. The Bertz CT molecular complexity index is 142. The number of nitrogens with two attached hydrogens (primary N) is 1. The van der Waals surface area contributed by atoms with Crippen LogP contribution in [0.5, 0.6) is 0 Å². The summed E-state index contributed by atoms with van der Waals surface area (Å²) in [6.07, 6.45) is 4.84. The summed E-state index contributed by atoms with van der Waals surface area (Å²) in [4.78, 5) is 4.52. The highest BCUT2D eigenvalue weighted by Gasteiger charge is 2.04. The molecule has 0 radical (unpaired) electrons. The molecule has 16 heavy (non-hydrogen) atoms. The van der Waals surface area contributed by atoms with E-state index in [4.69, 9.17) is 10.8 Å². The van der Waals surface area contributed by atoms with Gasteiger partial charge in [0.15, 0.2) is 0 Å². The molecule has 0 saturated heterocycles. The Morgan fingerprint density at radius 1 is 0.875 bits per heavy atom. The SMILES string of the molecule is CN(C)CCN(CCO)CCCCCCN. The second-order valence-electron chi connectivity index (χ2n) is 4.57. The molecule has 0 aliphatic heterocycles. The normalized spacial score (nSPS) is 11.6. The Kier molecular flexibility index (Phi) is 11.2. The van der Waals surface area contributed by atoms with Crippen molar-refractivity contribution in [2.75, 3.05) is 53.4 Å². The van der Waals surface area contributed by atoms with Gasteiger partial charge in [-0.1, -0.05) is 12.8 Å². The molecule has 0 rings (SSSR count). The summed E-state index contributed by atoms with van der Waals surface area (Å²) in [7, 11) is 4.16. The predicted molar refractivity (Wildman–Crippen MR) is 69.6 cm³/mol. The standard InChI is InChI=1S/C12H29N3O/c1-14(2)9-10-15(11-12-16)8-6-4-3-5-7-13/h16H,3-13H2,1-2H3. The van der Waals surface area contributed by atoms with Gasteiger partial charge in [0.25, 0.3) is 0 Å². The third kappa shape index (κ3) is 10.4. The molecule has 0 aliphatic carbocycles. The topological polar surface area (TPSA) is 52.7 Å². The van der Waals surface area contributed by atoms with Gasteiger partial charge < -0.3 is 15.7 Å². The first-order chi connectivity index (χ1) is 7.70. The van der Waals surface area contributed by atoms with Crippen molar-refractivity contribution in [2.45, 2.75) is 25.7 Å². The minimum Gasteiger partial charge on any atom is -0.395 e. The average Bonchev–Trinajstić information content (AvgIpc) is 2.25. The number of unbranched alkanes of at least 4 members (excludes halogenated alkanes) is 3. The van der Waals surface area contributed by atoms with Crippen molar-refractivity contribution in [3.8, 4) is 0 Å². The van der Waals surface area contributed by atoms with E-state index in [1.807, 2.05) is 0 Å². The van der Waals surface area contributed by atoms with Crippen LogP contribution in [0.2, 0.25) is 0 Å². The van der Waals surface area contributed by atoms with Crippen molar-refractivity contribution in [3.05, 3.63) is 0 Å². The van der Waals surface area contributed by atoms with Gasteiger partial charge in [0.1, 0.15) is 0 Å². The molecule has 0 heterocycles. The molecule has 0 unspecified atom stereocenters. The molecule has 98 valence electrons. The molecule has 4 nitrogen and oxygen atoms in total. The Hall–Kier alpha value is -0.160. The molecule has 3 N–H and O–H groups in total. The van der Waals surface area contributed by atoms with Crippen LogP contribution in [0.15, 0.2) is 0 Å². The summed E-state index contributed by atoms with van der Waals surface area (Å²) in [6.45, 7) is 5.06. The Morgan fingerprint density at radius 3 is 2.12 bits per heavy atom. The van der Waals surface area contributed by atoms with Crippen molar-refractivity contribution < 1.29 is 5.11 Å².